The summed E-state index contributed by atoms with van der Waals surface area (Å²) >= 11 is 3.14. The van der Waals surface area contributed by atoms with Gasteiger partial charge in [0, 0.05) is 5.38 Å². The number of aromatic nitrogens is 1. The van der Waals surface area contributed by atoms with Crippen molar-refractivity contribution in [3.63, 3.8) is 0 Å². The van der Waals surface area contributed by atoms with Gasteiger partial charge in [-0.1, -0.05) is 91.0 Å². The van der Waals surface area contributed by atoms with Crippen LogP contribution in [0.15, 0.2) is 96.4 Å². The minimum atomic E-state index is -0.943. The van der Waals surface area contributed by atoms with Gasteiger partial charge >= 0.3 is 0 Å². The molecule has 3 unspecified atom stereocenters. The van der Waals surface area contributed by atoms with Gasteiger partial charge in [-0.3, -0.25) is 4.79 Å². The first kappa shape index (κ1) is 21.9. The van der Waals surface area contributed by atoms with Gasteiger partial charge < -0.3 is 10.4 Å². The third kappa shape index (κ3) is 3.99. The Hall–Kier alpha value is -2.93. The maximum Gasteiger partial charge on any atom is 0.230 e. The second-order valence-corrected chi connectivity index (χ2v) is 10.5. The molecule has 3 atom stereocenters. The van der Waals surface area contributed by atoms with Gasteiger partial charge in [0.15, 0.2) is 0 Å². The summed E-state index contributed by atoms with van der Waals surface area (Å²) in [6.45, 7) is 1.90. The van der Waals surface area contributed by atoms with Crippen LogP contribution < -0.4 is 5.32 Å². The smallest absolute Gasteiger partial charge is 0.230 e. The number of β-lactam (4-membered cyclic amide) rings is 1. The van der Waals surface area contributed by atoms with Crippen molar-refractivity contribution in [2.45, 2.75) is 23.1 Å². The summed E-state index contributed by atoms with van der Waals surface area (Å²) in [6, 6.07) is 31.1. The van der Waals surface area contributed by atoms with Crippen LogP contribution in [0.5, 0.6) is 0 Å². The second kappa shape index (κ2) is 9.14. The van der Waals surface area contributed by atoms with Crippen LogP contribution in [0, 0.1) is 12.8 Å². The van der Waals surface area contributed by atoms with E-state index in [1.165, 1.54) is 11.3 Å². The first-order valence-electron chi connectivity index (χ1n) is 10.8. The molecule has 4 aromatic rings. The van der Waals surface area contributed by atoms with Crippen LogP contribution in [-0.2, 0) is 9.54 Å². The van der Waals surface area contributed by atoms with Crippen molar-refractivity contribution < 1.29 is 9.90 Å². The number of carbonyl (C=O) groups is 1. The minimum Gasteiger partial charge on any atom is -0.386 e. The average molecular weight is 473 g/mol. The molecule has 1 fully saturated rings. The van der Waals surface area contributed by atoms with E-state index in [1.807, 2.05) is 66.9 Å². The van der Waals surface area contributed by atoms with E-state index in [4.69, 9.17) is 0 Å². The maximum absolute atomic E-state index is 12.6. The number of aryl methyl sites for hydroxylation is 1. The van der Waals surface area contributed by atoms with Crippen LogP contribution >= 0.6 is 23.1 Å². The highest BCUT2D eigenvalue weighted by atomic mass is 32.2. The Morgan fingerprint density at radius 1 is 0.909 bits per heavy atom. The number of amides is 1. The molecule has 4 nitrogen and oxygen atoms in total. The molecule has 1 aliphatic rings. The molecule has 0 aliphatic carbocycles. The molecule has 2 N–H and O–H groups in total. The number of hydrogen-bond donors (Lipinski definition) is 2. The predicted octanol–water partition coefficient (Wildman–Crippen LogP) is 5.28. The van der Waals surface area contributed by atoms with Crippen LogP contribution in [0.1, 0.15) is 33.5 Å². The molecular weight excluding hydrogens is 448 g/mol. The highest BCUT2D eigenvalue weighted by molar-refractivity contribution is 8.01. The summed E-state index contributed by atoms with van der Waals surface area (Å²) in [7, 11) is 0. The summed E-state index contributed by atoms with van der Waals surface area (Å²) in [6.07, 6.45) is -0.943. The molecule has 3 aromatic carbocycles. The Labute approximate surface area is 201 Å². The number of aliphatic hydroxyl groups is 1. The summed E-state index contributed by atoms with van der Waals surface area (Å²) in [5, 5.41) is 16.6. The minimum absolute atomic E-state index is 0.145. The number of rotatable bonds is 7. The van der Waals surface area contributed by atoms with Crippen molar-refractivity contribution in [1.82, 2.24) is 10.3 Å². The first-order valence-corrected chi connectivity index (χ1v) is 12.6. The molecule has 1 amide bonds. The number of hydrogen-bond acceptors (Lipinski definition) is 5. The molecule has 1 aliphatic heterocycles. The lowest BCUT2D eigenvalue weighted by atomic mass is 9.84. The van der Waals surface area contributed by atoms with E-state index < -0.39 is 16.8 Å². The molecule has 6 heteroatoms. The molecule has 2 heterocycles. The molecule has 166 valence electrons. The molecule has 1 saturated heterocycles. The van der Waals surface area contributed by atoms with E-state index in [2.05, 4.69) is 46.7 Å². The number of nitrogens with zero attached hydrogens (tertiary/aromatic N) is 1. The highest BCUT2D eigenvalue weighted by Crippen LogP contribution is 2.53. The van der Waals surface area contributed by atoms with Gasteiger partial charge in [0.2, 0.25) is 5.91 Å². The van der Waals surface area contributed by atoms with Gasteiger partial charge in [-0.15, -0.1) is 23.1 Å². The third-order valence-electron chi connectivity index (χ3n) is 6.04. The van der Waals surface area contributed by atoms with Gasteiger partial charge in [-0.2, -0.15) is 0 Å². The zero-order valence-corrected chi connectivity index (χ0v) is 19.7. The third-order valence-corrected chi connectivity index (χ3v) is 8.56. The normalized spacial score (nSPS) is 18.9. The number of carbonyl (C=O) groups excluding carboxylic acids is 1. The van der Waals surface area contributed by atoms with E-state index in [1.54, 1.807) is 11.8 Å². The first-order chi connectivity index (χ1) is 16.1. The lowest BCUT2D eigenvalue weighted by Gasteiger charge is -2.45. The molecule has 0 saturated carbocycles. The molecule has 0 radical (unpaired) electrons. The standard InChI is InChI=1S/C27H24N2O2S2/c1-18-28-22(17-32-18)24(30)23-25(31)29-26(23)33-27(19-11-5-2-6-12-19,20-13-7-3-8-14-20)21-15-9-4-10-16-21/h2-17,23-24,26,30H,1H3,(H,29,31). The zero-order valence-electron chi connectivity index (χ0n) is 18.1. The van der Waals surface area contributed by atoms with Crippen LogP contribution in [0.2, 0.25) is 0 Å². The summed E-state index contributed by atoms with van der Waals surface area (Å²) in [5.41, 5.74) is 3.91. The molecule has 0 spiro atoms. The summed E-state index contributed by atoms with van der Waals surface area (Å²) in [4.78, 5) is 17.1. The van der Waals surface area contributed by atoms with Crippen molar-refractivity contribution >= 4 is 29.0 Å². The van der Waals surface area contributed by atoms with E-state index in [0.717, 1.165) is 21.7 Å². The Morgan fingerprint density at radius 3 is 1.79 bits per heavy atom. The largest absolute Gasteiger partial charge is 0.386 e. The molecule has 5 rings (SSSR count). The SMILES string of the molecule is Cc1nc(C(O)C2C(=O)NC2SC(c2ccccc2)(c2ccccc2)c2ccccc2)cs1. The van der Waals surface area contributed by atoms with Crippen molar-refractivity contribution in [2.75, 3.05) is 0 Å². The Balaban J connectivity index is 1.61. The van der Waals surface area contributed by atoms with Crippen molar-refractivity contribution in [1.29, 1.82) is 0 Å². The van der Waals surface area contributed by atoms with Crippen LogP contribution in [-0.4, -0.2) is 21.4 Å². The van der Waals surface area contributed by atoms with Crippen molar-refractivity contribution in [2.24, 2.45) is 5.92 Å². The van der Waals surface area contributed by atoms with Crippen molar-refractivity contribution in [3.8, 4) is 0 Å². The fourth-order valence-electron chi connectivity index (χ4n) is 4.39. The Bertz CT molecular complexity index is 1130. The van der Waals surface area contributed by atoms with E-state index in [9.17, 15) is 9.90 Å². The van der Waals surface area contributed by atoms with Gasteiger partial charge in [-0.05, 0) is 23.6 Å². The van der Waals surface area contributed by atoms with E-state index in [-0.39, 0.29) is 11.3 Å². The van der Waals surface area contributed by atoms with Crippen molar-refractivity contribution in [3.05, 3.63) is 124 Å². The zero-order chi connectivity index (χ0) is 22.8. The van der Waals surface area contributed by atoms with Gasteiger partial charge in [-0.25, -0.2) is 4.98 Å². The second-order valence-electron chi connectivity index (χ2n) is 8.09. The van der Waals surface area contributed by atoms with Gasteiger partial charge in [0.05, 0.1) is 26.7 Å². The monoisotopic (exact) mass is 472 g/mol. The Morgan fingerprint density at radius 2 is 1.39 bits per heavy atom. The number of benzene rings is 3. The maximum atomic E-state index is 12.6. The number of thioether (sulfide) groups is 1. The van der Waals surface area contributed by atoms with E-state index in [0.29, 0.717) is 5.69 Å². The van der Waals surface area contributed by atoms with Crippen LogP contribution in [0.25, 0.3) is 0 Å². The lowest BCUT2D eigenvalue weighted by molar-refractivity contribution is -0.137. The van der Waals surface area contributed by atoms with Gasteiger partial charge in [0.1, 0.15) is 6.10 Å². The topological polar surface area (TPSA) is 62.2 Å². The quantitative estimate of drug-likeness (QED) is 0.284. The number of nitrogens with one attached hydrogen (secondary N) is 1. The Kier molecular flexibility index (Phi) is 6.06. The van der Waals surface area contributed by atoms with Crippen LogP contribution in [0.3, 0.4) is 0 Å². The molecule has 0 bridgehead atoms. The average Bonchev–Trinajstić information content (AvgIpc) is 3.30. The van der Waals surface area contributed by atoms with E-state index >= 15 is 0 Å². The number of aliphatic hydroxyl groups excluding tert-OH is 1. The predicted molar refractivity (Wildman–Crippen MR) is 134 cm³/mol. The summed E-state index contributed by atoms with van der Waals surface area (Å²) < 4.78 is -0.571. The number of thiazole rings is 1. The summed E-state index contributed by atoms with van der Waals surface area (Å²) in [5.74, 6) is -0.722. The van der Waals surface area contributed by atoms with Crippen LogP contribution in [0.4, 0.5) is 0 Å². The highest BCUT2D eigenvalue weighted by Gasteiger charge is 2.51. The fourth-order valence-corrected chi connectivity index (χ4v) is 6.83. The molecular formula is C27H24N2O2S2. The van der Waals surface area contributed by atoms with Gasteiger partial charge in [0.25, 0.3) is 0 Å². The molecule has 1 aromatic heterocycles. The lowest BCUT2D eigenvalue weighted by Crippen LogP contribution is -2.59. The molecule has 33 heavy (non-hydrogen) atoms. The fraction of sp³-hybridized carbons (Fsp3) is 0.185.